The van der Waals surface area contributed by atoms with Crippen LogP contribution in [-0.2, 0) is 0 Å². The van der Waals surface area contributed by atoms with Crippen LogP contribution in [0.5, 0.6) is 11.5 Å². The van der Waals surface area contributed by atoms with Crippen molar-refractivity contribution >= 4 is 43.5 Å². The normalized spacial score (nSPS) is 13.1. The molecule has 0 unspecified atom stereocenters. The molecule has 6 nitrogen and oxygen atoms in total. The van der Waals surface area contributed by atoms with Crippen LogP contribution in [0.15, 0.2) is 48.7 Å². The van der Waals surface area contributed by atoms with Crippen molar-refractivity contribution < 1.29 is 14.3 Å². The maximum Gasteiger partial charge on any atom is 0.258 e. The largest absolute Gasteiger partial charge is 0.486 e. The molecule has 0 fully saturated rings. The maximum atomic E-state index is 12.7. The second-order valence-corrected chi connectivity index (χ2v) is 6.84. The molecular formula is C19H13N3O3S. The van der Waals surface area contributed by atoms with Crippen molar-refractivity contribution in [1.29, 1.82) is 0 Å². The summed E-state index contributed by atoms with van der Waals surface area (Å²) < 4.78 is 12.1. The third-order valence-electron chi connectivity index (χ3n) is 4.17. The number of pyridine rings is 1. The number of para-hydroxylation sites is 1. The highest BCUT2D eigenvalue weighted by molar-refractivity contribution is 7.22. The summed E-state index contributed by atoms with van der Waals surface area (Å²) in [5, 5.41) is 4.24. The Morgan fingerprint density at radius 1 is 1.04 bits per heavy atom. The van der Waals surface area contributed by atoms with Gasteiger partial charge in [-0.25, -0.2) is 4.98 Å². The molecule has 0 saturated carbocycles. The van der Waals surface area contributed by atoms with E-state index in [9.17, 15) is 4.79 Å². The predicted molar refractivity (Wildman–Crippen MR) is 100 cm³/mol. The molecule has 1 aliphatic heterocycles. The van der Waals surface area contributed by atoms with Crippen LogP contribution in [0, 0.1) is 0 Å². The maximum absolute atomic E-state index is 12.7. The molecule has 0 bridgehead atoms. The van der Waals surface area contributed by atoms with Crippen molar-refractivity contribution in [2.24, 2.45) is 0 Å². The molecular weight excluding hydrogens is 350 g/mol. The Morgan fingerprint density at radius 3 is 2.73 bits per heavy atom. The van der Waals surface area contributed by atoms with E-state index in [0.717, 1.165) is 21.1 Å². The summed E-state index contributed by atoms with van der Waals surface area (Å²) in [6.07, 6.45) is 1.64. The van der Waals surface area contributed by atoms with Crippen LogP contribution < -0.4 is 14.8 Å². The van der Waals surface area contributed by atoms with Gasteiger partial charge in [-0.05, 0) is 12.1 Å². The minimum atomic E-state index is -0.208. The fourth-order valence-electron chi connectivity index (χ4n) is 2.98. The summed E-state index contributed by atoms with van der Waals surface area (Å²) in [6.45, 7) is 1.07. The van der Waals surface area contributed by atoms with Crippen LogP contribution in [0.1, 0.15) is 10.4 Å². The molecule has 7 heteroatoms. The third-order valence-corrected chi connectivity index (χ3v) is 5.10. The molecule has 1 aliphatic rings. The lowest BCUT2D eigenvalue weighted by molar-refractivity contribution is 0.102. The van der Waals surface area contributed by atoms with Crippen molar-refractivity contribution in [1.82, 2.24) is 9.97 Å². The van der Waals surface area contributed by atoms with E-state index in [2.05, 4.69) is 15.3 Å². The Morgan fingerprint density at radius 2 is 1.85 bits per heavy atom. The van der Waals surface area contributed by atoms with E-state index in [0.29, 0.717) is 35.4 Å². The molecule has 0 atom stereocenters. The number of anilines is 1. The van der Waals surface area contributed by atoms with Crippen LogP contribution in [0.25, 0.3) is 21.1 Å². The van der Waals surface area contributed by atoms with Gasteiger partial charge < -0.3 is 9.47 Å². The molecule has 26 heavy (non-hydrogen) atoms. The number of rotatable bonds is 2. The van der Waals surface area contributed by atoms with Crippen molar-refractivity contribution in [2.45, 2.75) is 0 Å². The van der Waals surface area contributed by atoms with Crippen LogP contribution in [0.4, 0.5) is 5.13 Å². The number of fused-ring (bicyclic) bond motifs is 3. The highest BCUT2D eigenvalue weighted by atomic mass is 32.1. The Labute approximate surface area is 152 Å². The Bertz CT molecular complexity index is 1110. The van der Waals surface area contributed by atoms with Gasteiger partial charge in [-0.2, -0.15) is 0 Å². The standard InChI is InChI=1S/C19H13N3O3S/c23-18(12-5-6-20-13-4-2-1-3-11(12)13)22-19-21-14-9-15-16(10-17(14)26-19)25-8-7-24-15/h1-6,9-10H,7-8H2,(H,21,22,23). The van der Waals surface area contributed by atoms with Crippen molar-refractivity contribution in [3.63, 3.8) is 0 Å². The van der Waals surface area contributed by atoms with Crippen LogP contribution >= 0.6 is 11.3 Å². The molecule has 2 aromatic carbocycles. The molecule has 3 heterocycles. The van der Waals surface area contributed by atoms with Gasteiger partial charge in [0.25, 0.3) is 5.91 Å². The first-order valence-electron chi connectivity index (χ1n) is 8.13. The minimum absolute atomic E-state index is 0.208. The highest BCUT2D eigenvalue weighted by Gasteiger charge is 2.17. The van der Waals surface area contributed by atoms with Gasteiger partial charge in [0.1, 0.15) is 13.2 Å². The zero-order valence-electron chi connectivity index (χ0n) is 13.6. The number of carbonyl (C=O) groups is 1. The number of benzene rings is 2. The topological polar surface area (TPSA) is 73.3 Å². The van der Waals surface area contributed by atoms with E-state index < -0.39 is 0 Å². The summed E-state index contributed by atoms with van der Waals surface area (Å²) in [5.41, 5.74) is 2.13. The smallest absolute Gasteiger partial charge is 0.258 e. The number of nitrogens with zero attached hydrogens (tertiary/aromatic N) is 2. The molecule has 1 amide bonds. The minimum Gasteiger partial charge on any atom is -0.486 e. The second-order valence-electron chi connectivity index (χ2n) is 5.81. The molecule has 0 aliphatic carbocycles. The number of amides is 1. The number of nitrogens with one attached hydrogen (secondary N) is 1. The lowest BCUT2D eigenvalue weighted by atomic mass is 10.1. The predicted octanol–water partition coefficient (Wildman–Crippen LogP) is 3.87. The number of hydrogen-bond acceptors (Lipinski definition) is 6. The number of carbonyl (C=O) groups excluding carboxylic acids is 1. The average Bonchev–Trinajstić information content (AvgIpc) is 3.06. The highest BCUT2D eigenvalue weighted by Crippen LogP contribution is 2.38. The van der Waals surface area contributed by atoms with E-state index in [1.54, 1.807) is 12.3 Å². The zero-order chi connectivity index (χ0) is 17.5. The summed E-state index contributed by atoms with van der Waals surface area (Å²) in [4.78, 5) is 21.5. The molecule has 0 radical (unpaired) electrons. The molecule has 0 saturated heterocycles. The number of thiazole rings is 1. The van der Waals surface area contributed by atoms with E-state index in [-0.39, 0.29) is 5.91 Å². The first-order chi connectivity index (χ1) is 12.8. The monoisotopic (exact) mass is 363 g/mol. The van der Waals surface area contributed by atoms with Gasteiger partial charge in [0, 0.05) is 23.7 Å². The lowest BCUT2D eigenvalue weighted by Crippen LogP contribution is -2.15. The van der Waals surface area contributed by atoms with Crippen LogP contribution in [0.2, 0.25) is 0 Å². The third kappa shape index (κ3) is 2.53. The first-order valence-corrected chi connectivity index (χ1v) is 8.95. The summed E-state index contributed by atoms with van der Waals surface area (Å²) in [5.74, 6) is 1.19. The van der Waals surface area contributed by atoms with E-state index in [4.69, 9.17) is 9.47 Å². The van der Waals surface area contributed by atoms with Gasteiger partial charge in [0.15, 0.2) is 16.6 Å². The first kappa shape index (κ1) is 15.1. The molecule has 2 aromatic heterocycles. The van der Waals surface area contributed by atoms with Gasteiger partial charge in [0.05, 0.1) is 21.3 Å². The Balaban J connectivity index is 1.49. The van der Waals surface area contributed by atoms with Crippen molar-refractivity contribution in [2.75, 3.05) is 18.5 Å². The van der Waals surface area contributed by atoms with Gasteiger partial charge in [0.2, 0.25) is 0 Å². The fraction of sp³-hybridized carbons (Fsp3) is 0.105. The molecule has 1 N–H and O–H groups in total. The van der Waals surface area contributed by atoms with Gasteiger partial charge in [-0.1, -0.05) is 29.5 Å². The van der Waals surface area contributed by atoms with Crippen LogP contribution in [-0.4, -0.2) is 29.1 Å². The average molecular weight is 363 g/mol. The molecule has 0 spiro atoms. The molecule has 4 aromatic rings. The summed E-state index contributed by atoms with van der Waals surface area (Å²) in [6, 6.07) is 13.0. The number of ether oxygens (including phenoxy) is 2. The molecule has 5 rings (SSSR count). The zero-order valence-corrected chi connectivity index (χ0v) is 14.4. The van der Waals surface area contributed by atoms with Gasteiger partial charge in [-0.15, -0.1) is 0 Å². The van der Waals surface area contributed by atoms with Crippen LogP contribution in [0.3, 0.4) is 0 Å². The van der Waals surface area contributed by atoms with E-state index in [1.165, 1.54) is 11.3 Å². The van der Waals surface area contributed by atoms with Gasteiger partial charge >= 0.3 is 0 Å². The fourth-order valence-corrected chi connectivity index (χ4v) is 3.85. The Hall–Kier alpha value is -3.19. The van der Waals surface area contributed by atoms with Crippen molar-refractivity contribution in [3.05, 3.63) is 54.2 Å². The number of hydrogen-bond donors (Lipinski definition) is 1. The lowest BCUT2D eigenvalue weighted by Gasteiger charge is -2.17. The van der Waals surface area contributed by atoms with E-state index in [1.807, 2.05) is 36.4 Å². The van der Waals surface area contributed by atoms with E-state index >= 15 is 0 Å². The summed E-state index contributed by atoms with van der Waals surface area (Å²) in [7, 11) is 0. The number of aromatic nitrogens is 2. The van der Waals surface area contributed by atoms with Crippen molar-refractivity contribution in [3.8, 4) is 11.5 Å². The quantitative estimate of drug-likeness (QED) is 0.585. The summed E-state index contributed by atoms with van der Waals surface area (Å²) >= 11 is 1.40. The second kappa shape index (κ2) is 5.96. The molecule has 128 valence electrons. The Kier molecular flexibility index (Phi) is 3.46. The SMILES string of the molecule is O=C(Nc1nc2cc3c(cc2s1)OCCO3)c1ccnc2ccccc12. The van der Waals surface area contributed by atoms with Gasteiger partial charge in [-0.3, -0.25) is 15.1 Å².